The molecule has 0 unspecified atom stereocenters. The minimum atomic E-state index is -0.807. The van der Waals surface area contributed by atoms with Crippen molar-refractivity contribution in [3.05, 3.63) is 53.9 Å². The van der Waals surface area contributed by atoms with E-state index in [0.717, 1.165) is 23.9 Å². The number of nitrogens with one attached hydrogen (secondary N) is 1. The number of H-pyrrole nitrogens is 1. The van der Waals surface area contributed by atoms with Gasteiger partial charge in [0.05, 0.1) is 5.69 Å². The summed E-state index contributed by atoms with van der Waals surface area (Å²) in [5.74, 6) is 0.815. The van der Waals surface area contributed by atoms with Crippen molar-refractivity contribution in [3.8, 4) is 11.3 Å². The van der Waals surface area contributed by atoms with Crippen LogP contribution in [0.1, 0.15) is 49.7 Å². The van der Waals surface area contributed by atoms with Gasteiger partial charge in [-0.25, -0.2) is 4.79 Å². The van der Waals surface area contributed by atoms with Crippen molar-refractivity contribution in [2.45, 2.75) is 38.5 Å². The zero-order valence-corrected chi connectivity index (χ0v) is 15.8. The van der Waals surface area contributed by atoms with E-state index in [1.54, 1.807) is 0 Å². The summed E-state index contributed by atoms with van der Waals surface area (Å²) in [6.45, 7) is 5.69. The van der Waals surface area contributed by atoms with Gasteiger partial charge < -0.3 is 15.0 Å². The Hall–Kier alpha value is -2.82. The van der Waals surface area contributed by atoms with Crippen LogP contribution in [0.5, 0.6) is 0 Å². The standard InChI is InChI=1S/C22H25N3O2/c1-14(2)20-18-13-17(15-7-11-25(12-8-15)22(26)27)3-4-19(18)24-21(20)16-5-9-23-10-6-16/h3-6,9-10,13-15,24H,7-8,11-12H2,1-2H3,(H,26,27). The van der Waals surface area contributed by atoms with Gasteiger partial charge in [0, 0.05) is 41.9 Å². The summed E-state index contributed by atoms with van der Waals surface area (Å²) in [4.78, 5) is 20.4. The van der Waals surface area contributed by atoms with E-state index < -0.39 is 6.09 Å². The van der Waals surface area contributed by atoms with Gasteiger partial charge in [0.25, 0.3) is 0 Å². The zero-order chi connectivity index (χ0) is 19.0. The molecule has 1 fully saturated rings. The van der Waals surface area contributed by atoms with Crippen LogP contribution >= 0.6 is 0 Å². The van der Waals surface area contributed by atoms with Crippen LogP contribution in [0.3, 0.4) is 0 Å². The number of aromatic amines is 1. The first kappa shape index (κ1) is 17.6. The molecule has 1 aromatic carbocycles. The Morgan fingerprint density at radius 3 is 2.52 bits per heavy atom. The predicted molar refractivity (Wildman–Crippen MR) is 107 cm³/mol. The highest BCUT2D eigenvalue weighted by molar-refractivity contribution is 5.92. The molecule has 3 heterocycles. The maximum atomic E-state index is 11.1. The van der Waals surface area contributed by atoms with Crippen molar-refractivity contribution < 1.29 is 9.90 Å². The summed E-state index contributed by atoms with van der Waals surface area (Å²) >= 11 is 0. The molecule has 0 atom stereocenters. The molecule has 140 valence electrons. The van der Waals surface area contributed by atoms with Crippen LogP contribution in [-0.2, 0) is 0 Å². The van der Waals surface area contributed by atoms with E-state index in [9.17, 15) is 4.79 Å². The average Bonchev–Trinajstić information content (AvgIpc) is 3.07. The number of benzene rings is 1. The third-order valence-electron chi connectivity index (χ3n) is 5.65. The molecular weight excluding hydrogens is 338 g/mol. The van der Waals surface area contributed by atoms with Crippen molar-refractivity contribution in [3.63, 3.8) is 0 Å². The second-order valence-corrected chi connectivity index (χ2v) is 7.65. The fourth-order valence-electron chi connectivity index (χ4n) is 4.23. The highest BCUT2D eigenvalue weighted by atomic mass is 16.4. The molecule has 1 amide bonds. The number of carbonyl (C=O) groups is 1. The molecule has 27 heavy (non-hydrogen) atoms. The lowest BCUT2D eigenvalue weighted by Gasteiger charge is -2.30. The largest absolute Gasteiger partial charge is 0.465 e. The second kappa shape index (κ2) is 7.06. The van der Waals surface area contributed by atoms with Gasteiger partial charge in [0.15, 0.2) is 0 Å². The maximum absolute atomic E-state index is 11.1. The molecule has 3 aromatic rings. The third kappa shape index (κ3) is 3.29. The average molecular weight is 363 g/mol. The van der Waals surface area contributed by atoms with Crippen molar-refractivity contribution >= 4 is 17.0 Å². The number of fused-ring (bicyclic) bond motifs is 1. The molecule has 2 N–H and O–H groups in total. The molecule has 4 rings (SSSR count). The van der Waals surface area contributed by atoms with Crippen LogP contribution in [-0.4, -0.2) is 39.2 Å². The van der Waals surface area contributed by atoms with Crippen LogP contribution in [0.2, 0.25) is 0 Å². The van der Waals surface area contributed by atoms with Crippen LogP contribution in [0.25, 0.3) is 22.2 Å². The molecule has 5 nitrogen and oxygen atoms in total. The smallest absolute Gasteiger partial charge is 0.407 e. The molecule has 5 heteroatoms. The Labute approximate surface area is 159 Å². The van der Waals surface area contributed by atoms with E-state index in [1.165, 1.54) is 27.1 Å². The van der Waals surface area contributed by atoms with E-state index in [1.807, 2.05) is 24.5 Å². The van der Waals surface area contributed by atoms with Crippen molar-refractivity contribution in [2.24, 2.45) is 0 Å². The van der Waals surface area contributed by atoms with Crippen molar-refractivity contribution in [1.82, 2.24) is 14.9 Å². The summed E-state index contributed by atoms with van der Waals surface area (Å²) in [7, 11) is 0. The molecule has 0 aliphatic carbocycles. The summed E-state index contributed by atoms with van der Waals surface area (Å²) in [6.07, 6.45) is 4.62. The summed E-state index contributed by atoms with van der Waals surface area (Å²) < 4.78 is 0. The topological polar surface area (TPSA) is 69.2 Å². The maximum Gasteiger partial charge on any atom is 0.407 e. The lowest BCUT2D eigenvalue weighted by molar-refractivity contribution is 0.132. The number of hydrogen-bond donors (Lipinski definition) is 2. The molecule has 0 spiro atoms. The fourth-order valence-corrected chi connectivity index (χ4v) is 4.23. The minimum absolute atomic E-state index is 0.394. The summed E-state index contributed by atoms with van der Waals surface area (Å²) in [5, 5.41) is 10.4. The van der Waals surface area contributed by atoms with E-state index >= 15 is 0 Å². The highest BCUT2D eigenvalue weighted by Crippen LogP contribution is 2.38. The van der Waals surface area contributed by atoms with Gasteiger partial charge in [-0.05, 0) is 60.1 Å². The molecule has 1 aliphatic rings. The van der Waals surface area contributed by atoms with Gasteiger partial charge in [-0.15, -0.1) is 0 Å². The molecule has 0 bridgehead atoms. The Balaban J connectivity index is 1.72. The predicted octanol–water partition coefficient (Wildman–Crippen LogP) is 5.21. The molecule has 2 aromatic heterocycles. The van der Waals surface area contributed by atoms with Gasteiger partial charge in [0.2, 0.25) is 0 Å². The Morgan fingerprint density at radius 1 is 1.19 bits per heavy atom. The number of piperidine rings is 1. The zero-order valence-electron chi connectivity index (χ0n) is 15.8. The number of rotatable bonds is 3. The van der Waals surface area contributed by atoms with E-state index in [4.69, 9.17) is 5.11 Å². The minimum Gasteiger partial charge on any atom is -0.465 e. The first-order valence-electron chi connectivity index (χ1n) is 9.58. The van der Waals surface area contributed by atoms with Crippen LogP contribution in [0.15, 0.2) is 42.7 Å². The van der Waals surface area contributed by atoms with Crippen LogP contribution < -0.4 is 0 Å². The molecule has 1 aliphatic heterocycles. The number of hydrogen-bond acceptors (Lipinski definition) is 2. The van der Waals surface area contributed by atoms with E-state index in [0.29, 0.717) is 24.9 Å². The monoisotopic (exact) mass is 363 g/mol. The number of nitrogens with zero attached hydrogens (tertiary/aromatic N) is 2. The van der Waals surface area contributed by atoms with Gasteiger partial charge in [-0.2, -0.15) is 0 Å². The number of amides is 1. The van der Waals surface area contributed by atoms with Crippen LogP contribution in [0, 0.1) is 0 Å². The Kier molecular flexibility index (Phi) is 4.60. The quantitative estimate of drug-likeness (QED) is 0.671. The van der Waals surface area contributed by atoms with Gasteiger partial charge in [0.1, 0.15) is 0 Å². The lowest BCUT2D eigenvalue weighted by Crippen LogP contribution is -2.36. The molecular formula is C22H25N3O2. The Morgan fingerprint density at radius 2 is 1.89 bits per heavy atom. The van der Waals surface area contributed by atoms with Crippen molar-refractivity contribution in [2.75, 3.05) is 13.1 Å². The Bertz CT molecular complexity index is 954. The summed E-state index contributed by atoms with van der Waals surface area (Å²) in [5.41, 5.74) is 6.12. The summed E-state index contributed by atoms with van der Waals surface area (Å²) in [6, 6.07) is 10.8. The van der Waals surface area contributed by atoms with Crippen LogP contribution in [0.4, 0.5) is 4.79 Å². The van der Waals surface area contributed by atoms with Gasteiger partial charge in [-0.3, -0.25) is 4.98 Å². The number of aromatic nitrogens is 2. The van der Waals surface area contributed by atoms with E-state index in [2.05, 4.69) is 42.0 Å². The number of pyridine rings is 1. The van der Waals surface area contributed by atoms with Gasteiger partial charge in [-0.1, -0.05) is 19.9 Å². The lowest BCUT2D eigenvalue weighted by atomic mass is 9.87. The highest BCUT2D eigenvalue weighted by Gasteiger charge is 2.24. The first-order valence-corrected chi connectivity index (χ1v) is 9.58. The fraction of sp³-hybridized carbons (Fsp3) is 0.364. The molecule has 0 radical (unpaired) electrons. The van der Waals surface area contributed by atoms with Gasteiger partial charge >= 0.3 is 6.09 Å². The van der Waals surface area contributed by atoms with E-state index in [-0.39, 0.29) is 0 Å². The first-order chi connectivity index (χ1) is 13.0. The normalized spacial score (nSPS) is 15.6. The second-order valence-electron chi connectivity index (χ2n) is 7.65. The number of carboxylic acid groups (broad SMARTS) is 1. The number of likely N-dealkylation sites (tertiary alicyclic amines) is 1. The third-order valence-corrected chi connectivity index (χ3v) is 5.65. The SMILES string of the molecule is CC(C)c1c(-c2ccncc2)[nH]c2ccc(C3CCN(C(=O)O)CC3)cc12. The van der Waals surface area contributed by atoms with Crippen molar-refractivity contribution in [1.29, 1.82) is 0 Å². The molecule has 0 saturated carbocycles. The molecule has 1 saturated heterocycles.